The van der Waals surface area contributed by atoms with E-state index >= 15 is 0 Å². The van der Waals surface area contributed by atoms with Crippen LogP contribution in [0.15, 0.2) is 30.3 Å². The monoisotopic (exact) mass is 232 g/mol. The lowest BCUT2D eigenvalue weighted by Gasteiger charge is -2.06. The van der Waals surface area contributed by atoms with Crippen molar-refractivity contribution in [2.75, 3.05) is 13.2 Å². The minimum Gasteiger partial charge on any atom is -0.484 e. The number of nitrogens with zero attached hydrogens (tertiary/aromatic N) is 1. The van der Waals surface area contributed by atoms with Crippen molar-refractivity contribution in [3.8, 4) is 11.8 Å². The molecule has 4 nitrogen and oxygen atoms in total. The fourth-order valence-corrected chi connectivity index (χ4v) is 1.27. The van der Waals surface area contributed by atoms with Gasteiger partial charge in [-0.3, -0.25) is 4.79 Å². The first-order valence-electron chi connectivity index (χ1n) is 5.64. The van der Waals surface area contributed by atoms with Crippen molar-refractivity contribution in [2.24, 2.45) is 0 Å². The highest BCUT2D eigenvalue weighted by atomic mass is 16.5. The molecular formula is C13H16N2O2. The molecule has 4 heteroatoms. The van der Waals surface area contributed by atoms with E-state index in [1.54, 1.807) is 12.1 Å². The SMILES string of the molecule is N#CCCCCNC(=O)COc1ccccc1. The fourth-order valence-electron chi connectivity index (χ4n) is 1.27. The van der Waals surface area contributed by atoms with Gasteiger partial charge in [0, 0.05) is 13.0 Å². The molecule has 0 atom stereocenters. The lowest BCUT2D eigenvalue weighted by molar-refractivity contribution is -0.123. The first-order valence-corrected chi connectivity index (χ1v) is 5.64. The summed E-state index contributed by atoms with van der Waals surface area (Å²) in [5.74, 6) is 0.554. The minimum atomic E-state index is -0.134. The summed E-state index contributed by atoms with van der Waals surface area (Å²) in [4.78, 5) is 11.3. The maximum Gasteiger partial charge on any atom is 0.257 e. The van der Waals surface area contributed by atoms with Gasteiger partial charge in [0.1, 0.15) is 5.75 Å². The lowest BCUT2D eigenvalue weighted by atomic mass is 10.2. The number of nitriles is 1. The van der Waals surface area contributed by atoms with Crippen LogP contribution in [-0.4, -0.2) is 19.1 Å². The number of rotatable bonds is 7. The molecule has 0 aliphatic heterocycles. The summed E-state index contributed by atoms with van der Waals surface area (Å²) in [6, 6.07) is 11.3. The normalized spacial score (nSPS) is 9.35. The number of hydrogen-bond donors (Lipinski definition) is 1. The molecule has 0 aromatic heterocycles. The van der Waals surface area contributed by atoms with Crippen molar-refractivity contribution >= 4 is 5.91 Å². The number of hydrogen-bond acceptors (Lipinski definition) is 3. The molecule has 0 heterocycles. The highest BCUT2D eigenvalue weighted by Gasteiger charge is 2.01. The summed E-state index contributed by atoms with van der Waals surface area (Å²) in [5, 5.41) is 11.1. The topological polar surface area (TPSA) is 62.1 Å². The minimum absolute atomic E-state index is 0.0300. The lowest BCUT2D eigenvalue weighted by Crippen LogP contribution is -2.29. The van der Waals surface area contributed by atoms with Gasteiger partial charge in [-0.2, -0.15) is 5.26 Å². The van der Waals surface area contributed by atoms with Gasteiger partial charge >= 0.3 is 0 Å². The van der Waals surface area contributed by atoms with E-state index in [1.807, 2.05) is 18.2 Å². The van der Waals surface area contributed by atoms with Crippen molar-refractivity contribution in [2.45, 2.75) is 19.3 Å². The smallest absolute Gasteiger partial charge is 0.257 e. The summed E-state index contributed by atoms with van der Waals surface area (Å²) in [6.07, 6.45) is 2.18. The molecule has 0 radical (unpaired) electrons. The van der Waals surface area contributed by atoms with Crippen LogP contribution in [0.5, 0.6) is 5.75 Å². The molecule has 1 rings (SSSR count). The Hall–Kier alpha value is -2.02. The zero-order chi connectivity index (χ0) is 12.3. The molecule has 0 fully saturated rings. The molecule has 17 heavy (non-hydrogen) atoms. The number of benzene rings is 1. The number of carbonyl (C=O) groups excluding carboxylic acids is 1. The van der Waals surface area contributed by atoms with E-state index < -0.39 is 0 Å². The molecule has 0 bridgehead atoms. The first-order chi connectivity index (χ1) is 8.33. The third-order valence-corrected chi connectivity index (χ3v) is 2.15. The van der Waals surface area contributed by atoms with Gasteiger partial charge in [-0.05, 0) is 25.0 Å². The summed E-state index contributed by atoms with van der Waals surface area (Å²) in [5.41, 5.74) is 0. The van der Waals surface area contributed by atoms with E-state index in [-0.39, 0.29) is 12.5 Å². The molecular weight excluding hydrogens is 216 g/mol. The predicted octanol–water partition coefficient (Wildman–Crippen LogP) is 1.88. The second-order valence-corrected chi connectivity index (χ2v) is 3.57. The Morgan fingerprint density at radius 3 is 2.76 bits per heavy atom. The molecule has 1 aromatic carbocycles. The van der Waals surface area contributed by atoms with Crippen molar-refractivity contribution in [3.63, 3.8) is 0 Å². The van der Waals surface area contributed by atoms with E-state index in [1.165, 1.54) is 0 Å². The van der Waals surface area contributed by atoms with Crippen LogP contribution in [0.1, 0.15) is 19.3 Å². The van der Waals surface area contributed by atoms with Crippen LogP contribution in [0.25, 0.3) is 0 Å². The van der Waals surface area contributed by atoms with Crippen LogP contribution < -0.4 is 10.1 Å². The first kappa shape index (κ1) is 13.0. The van der Waals surface area contributed by atoms with Crippen LogP contribution in [0.3, 0.4) is 0 Å². The van der Waals surface area contributed by atoms with Crippen LogP contribution >= 0.6 is 0 Å². The maximum atomic E-state index is 11.3. The quantitative estimate of drug-likeness (QED) is 0.730. The highest BCUT2D eigenvalue weighted by molar-refractivity contribution is 5.77. The third-order valence-electron chi connectivity index (χ3n) is 2.15. The Kier molecular flexibility index (Phi) is 6.27. The molecule has 1 amide bonds. The maximum absolute atomic E-state index is 11.3. The second kappa shape index (κ2) is 8.17. The van der Waals surface area contributed by atoms with Gasteiger partial charge in [0.25, 0.3) is 5.91 Å². The Labute approximate surface area is 101 Å². The van der Waals surface area contributed by atoms with Gasteiger partial charge in [0.05, 0.1) is 6.07 Å². The number of ether oxygens (including phenoxy) is 1. The summed E-state index contributed by atoms with van der Waals surface area (Å²) < 4.78 is 5.28. The van der Waals surface area contributed by atoms with E-state index in [4.69, 9.17) is 10.00 Å². The highest BCUT2D eigenvalue weighted by Crippen LogP contribution is 2.07. The van der Waals surface area contributed by atoms with Gasteiger partial charge in [-0.1, -0.05) is 18.2 Å². The third kappa shape index (κ3) is 6.21. The van der Waals surface area contributed by atoms with Gasteiger partial charge in [-0.15, -0.1) is 0 Å². The van der Waals surface area contributed by atoms with Crippen LogP contribution in [-0.2, 0) is 4.79 Å². The summed E-state index contributed by atoms with van der Waals surface area (Å²) in [7, 11) is 0. The van der Waals surface area contributed by atoms with E-state index in [0.717, 1.165) is 12.8 Å². The average molecular weight is 232 g/mol. The van der Waals surface area contributed by atoms with Gasteiger partial charge in [0.15, 0.2) is 6.61 Å². The molecule has 0 aliphatic carbocycles. The number of unbranched alkanes of at least 4 members (excludes halogenated alkanes) is 2. The van der Waals surface area contributed by atoms with E-state index in [0.29, 0.717) is 18.7 Å². The number of carbonyl (C=O) groups is 1. The Morgan fingerprint density at radius 1 is 1.29 bits per heavy atom. The van der Waals surface area contributed by atoms with Crippen LogP contribution in [0, 0.1) is 11.3 Å². The van der Waals surface area contributed by atoms with Crippen LogP contribution in [0.2, 0.25) is 0 Å². The van der Waals surface area contributed by atoms with Crippen molar-refractivity contribution < 1.29 is 9.53 Å². The van der Waals surface area contributed by atoms with Crippen LogP contribution in [0.4, 0.5) is 0 Å². The standard InChI is InChI=1S/C13H16N2O2/c14-9-5-2-6-10-15-13(16)11-17-12-7-3-1-4-8-12/h1,3-4,7-8H,2,5-6,10-11H2,(H,15,16). The number of amides is 1. The molecule has 0 unspecified atom stereocenters. The molecule has 0 saturated heterocycles. The zero-order valence-corrected chi connectivity index (χ0v) is 9.69. The largest absolute Gasteiger partial charge is 0.484 e. The molecule has 0 saturated carbocycles. The summed E-state index contributed by atoms with van der Waals surface area (Å²) in [6.45, 7) is 0.626. The molecule has 0 spiro atoms. The number of para-hydroxylation sites is 1. The van der Waals surface area contributed by atoms with Crippen molar-refractivity contribution in [1.29, 1.82) is 5.26 Å². The van der Waals surface area contributed by atoms with Crippen molar-refractivity contribution in [1.82, 2.24) is 5.32 Å². The molecule has 90 valence electrons. The average Bonchev–Trinajstić information content (AvgIpc) is 2.37. The second-order valence-electron chi connectivity index (χ2n) is 3.57. The Bertz CT molecular complexity index is 371. The summed E-state index contributed by atoms with van der Waals surface area (Å²) >= 11 is 0. The predicted molar refractivity (Wildman–Crippen MR) is 64.4 cm³/mol. The zero-order valence-electron chi connectivity index (χ0n) is 9.69. The van der Waals surface area contributed by atoms with E-state index in [9.17, 15) is 4.79 Å². The van der Waals surface area contributed by atoms with E-state index in [2.05, 4.69) is 11.4 Å². The molecule has 1 aromatic rings. The van der Waals surface area contributed by atoms with Gasteiger partial charge in [-0.25, -0.2) is 0 Å². The van der Waals surface area contributed by atoms with Crippen molar-refractivity contribution in [3.05, 3.63) is 30.3 Å². The Balaban J connectivity index is 2.08. The molecule has 0 aliphatic rings. The van der Waals surface area contributed by atoms with Gasteiger partial charge in [0.2, 0.25) is 0 Å². The number of nitrogens with one attached hydrogen (secondary N) is 1. The fraction of sp³-hybridized carbons (Fsp3) is 0.385. The Morgan fingerprint density at radius 2 is 2.06 bits per heavy atom. The van der Waals surface area contributed by atoms with Gasteiger partial charge < -0.3 is 10.1 Å². The molecule has 1 N–H and O–H groups in total.